The molecule has 0 radical (unpaired) electrons. The van der Waals surface area contributed by atoms with Crippen molar-refractivity contribution in [3.8, 4) is 5.75 Å². The second-order valence-corrected chi connectivity index (χ2v) is 4.92. The van der Waals surface area contributed by atoms with Gasteiger partial charge in [-0.2, -0.15) is 0 Å². The number of phenols is 1. The van der Waals surface area contributed by atoms with E-state index in [0.29, 0.717) is 11.1 Å². The summed E-state index contributed by atoms with van der Waals surface area (Å²) in [5.41, 5.74) is 6.48. The van der Waals surface area contributed by atoms with Gasteiger partial charge in [-0.15, -0.1) is 0 Å². The lowest BCUT2D eigenvalue weighted by Crippen LogP contribution is -2.44. The molecule has 0 aromatic heterocycles. The molecule has 1 aliphatic heterocycles. The van der Waals surface area contributed by atoms with Gasteiger partial charge < -0.3 is 20.7 Å². The lowest BCUT2D eigenvalue weighted by atomic mass is 10.1. The van der Waals surface area contributed by atoms with E-state index in [4.69, 9.17) is 5.73 Å². The van der Waals surface area contributed by atoms with Crippen molar-refractivity contribution in [3.63, 3.8) is 0 Å². The molecule has 4 N–H and O–H groups in total. The molecule has 0 aliphatic carbocycles. The summed E-state index contributed by atoms with van der Waals surface area (Å²) in [6, 6.07) is 4.00. The van der Waals surface area contributed by atoms with E-state index in [1.807, 2.05) is 0 Å². The Kier molecular flexibility index (Phi) is 4.44. The summed E-state index contributed by atoms with van der Waals surface area (Å²) in [7, 11) is 1.26. The van der Waals surface area contributed by atoms with E-state index in [1.54, 1.807) is 12.1 Å². The third-order valence-electron chi connectivity index (χ3n) is 3.70. The molecule has 0 spiro atoms. The van der Waals surface area contributed by atoms with Crippen LogP contribution >= 0.6 is 0 Å². The predicted molar refractivity (Wildman–Crippen MR) is 72.8 cm³/mol. The number of aliphatic hydroxyl groups excluding tert-OH is 1. The molecule has 0 saturated carbocycles. The monoisotopic (exact) mass is 294 g/mol. The minimum Gasteiger partial charge on any atom is -0.508 e. The third-order valence-corrected chi connectivity index (χ3v) is 3.70. The van der Waals surface area contributed by atoms with E-state index in [9.17, 15) is 19.8 Å². The molecule has 2 unspecified atom stereocenters. The Balaban J connectivity index is 2.18. The number of hydrogen-bond acceptors (Lipinski definition) is 6. The number of amides is 1. The lowest BCUT2D eigenvalue weighted by molar-refractivity contribution is -0.141. The maximum atomic E-state index is 11.6. The fourth-order valence-electron chi connectivity index (χ4n) is 2.56. The van der Waals surface area contributed by atoms with Gasteiger partial charge in [-0.1, -0.05) is 12.1 Å². The topological polar surface area (TPSA) is 113 Å². The lowest BCUT2D eigenvalue weighted by Gasteiger charge is -2.27. The number of aromatic hydroxyl groups is 1. The zero-order valence-electron chi connectivity index (χ0n) is 11.7. The second kappa shape index (κ2) is 6.11. The van der Waals surface area contributed by atoms with Crippen molar-refractivity contribution in [2.24, 2.45) is 5.73 Å². The Morgan fingerprint density at radius 2 is 2.24 bits per heavy atom. The molecule has 7 heteroatoms. The van der Waals surface area contributed by atoms with Crippen LogP contribution in [0.3, 0.4) is 0 Å². The SMILES string of the molecule is COC(=O)CCC(C(N)=O)N1Cc2c(O)cccc2C1O. The molecule has 1 aliphatic rings. The highest BCUT2D eigenvalue weighted by Gasteiger charge is 2.37. The summed E-state index contributed by atoms with van der Waals surface area (Å²) < 4.78 is 4.54. The molecule has 0 saturated heterocycles. The molecule has 0 fully saturated rings. The van der Waals surface area contributed by atoms with Crippen LogP contribution in [0.15, 0.2) is 18.2 Å². The normalized spacial score (nSPS) is 19.0. The van der Waals surface area contributed by atoms with E-state index >= 15 is 0 Å². The smallest absolute Gasteiger partial charge is 0.305 e. The standard InChI is InChI=1S/C14H18N2O5/c1-21-12(18)6-5-10(13(15)19)16-7-9-8(14(16)20)3-2-4-11(9)17/h2-4,10,14,17,20H,5-7H2,1H3,(H2,15,19). The molecular formula is C14H18N2O5. The number of ether oxygens (including phenoxy) is 1. The number of hydrogen-bond donors (Lipinski definition) is 3. The Labute approximate surface area is 121 Å². The molecule has 7 nitrogen and oxygen atoms in total. The maximum Gasteiger partial charge on any atom is 0.305 e. The number of primary amides is 1. The van der Waals surface area contributed by atoms with Crippen LogP contribution in [0.4, 0.5) is 0 Å². The quantitative estimate of drug-likeness (QED) is 0.659. The summed E-state index contributed by atoms with van der Waals surface area (Å²) in [4.78, 5) is 24.3. The van der Waals surface area contributed by atoms with Gasteiger partial charge in [-0.25, -0.2) is 0 Å². The van der Waals surface area contributed by atoms with Crippen LogP contribution in [0, 0.1) is 0 Å². The van der Waals surface area contributed by atoms with Crippen molar-refractivity contribution in [2.75, 3.05) is 7.11 Å². The molecule has 21 heavy (non-hydrogen) atoms. The van der Waals surface area contributed by atoms with Crippen LogP contribution in [-0.2, 0) is 20.9 Å². The highest BCUT2D eigenvalue weighted by atomic mass is 16.5. The number of esters is 1. The Hall–Kier alpha value is -2.12. The molecule has 2 rings (SSSR count). The van der Waals surface area contributed by atoms with Gasteiger partial charge in [0.25, 0.3) is 0 Å². The average molecular weight is 294 g/mol. The van der Waals surface area contributed by atoms with Crippen LogP contribution in [0.2, 0.25) is 0 Å². The molecule has 0 bridgehead atoms. The fraction of sp³-hybridized carbons (Fsp3) is 0.429. The minimum absolute atomic E-state index is 0.0235. The molecule has 1 heterocycles. The second-order valence-electron chi connectivity index (χ2n) is 4.92. The first-order valence-corrected chi connectivity index (χ1v) is 6.56. The van der Waals surface area contributed by atoms with Crippen LogP contribution in [0.25, 0.3) is 0 Å². The fourth-order valence-corrected chi connectivity index (χ4v) is 2.56. The molecule has 1 aromatic carbocycles. The van der Waals surface area contributed by atoms with E-state index in [2.05, 4.69) is 4.74 Å². The van der Waals surface area contributed by atoms with E-state index < -0.39 is 24.1 Å². The van der Waals surface area contributed by atoms with E-state index in [0.717, 1.165) is 0 Å². The Morgan fingerprint density at radius 1 is 1.52 bits per heavy atom. The number of rotatable bonds is 5. The number of nitrogens with zero attached hydrogens (tertiary/aromatic N) is 1. The van der Waals surface area contributed by atoms with Crippen LogP contribution < -0.4 is 5.73 Å². The number of aliphatic hydroxyl groups is 1. The van der Waals surface area contributed by atoms with E-state index in [-0.39, 0.29) is 25.1 Å². The van der Waals surface area contributed by atoms with Crippen molar-refractivity contribution in [1.82, 2.24) is 4.90 Å². The van der Waals surface area contributed by atoms with Gasteiger partial charge in [-0.05, 0) is 12.5 Å². The first-order chi connectivity index (χ1) is 9.95. The van der Waals surface area contributed by atoms with Gasteiger partial charge >= 0.3 is 5.97 Å². The van der Waals surface area contributed by atoms with E-state index in [1.165, 1.54) is 18.1 Å². The first-order valence-electron chi connectivity index (χ1n) is 6.56. The highest BCUT2D eigenvalue weighted by Crippen LogP contribution is 2.38. The van der Waals surface area contributed by atoms with Crippen molar-refractivity contribution >= 4 is 11.9 Å². The Morgan fingerprint density at radius 3 is 2.81 bits per heavy atom. The Bertz CT molecular complexity index is 560. The number of nitrogens with two attached hydrogens (primary N) is 1. The van der Waals surface area contributed by atoms with Crippen molar-refractivity contribution in [1.29, 1.82) is 0 Å². The van der Waals surface area contributed by atoms with Gasteiger partial charge in [0.1, 0.15) is 12.0 Å². The van der Waals surface area contributed by atoms with Crippen LogP contribution in [0.1, 0.15) is 30.2 Å². The van der Waals surface area contributed by atoms with Gasteiger partial charge in [0, 0.05) is 24.1 Å². The highest BCUT2D eigenvalue weighted by molar-refractivity contribution is 5.81. The molecule has 2 atom stereocenters. The summed E-state index contributed by atoms with van der Waals surface area (Å²) in [6.07, 6.45) is -0.869. The molecule has 1 aromatic rings. The van der Waals surface area contributed by atoms with Gasteiger partial charge in [0.05, 0.1) is 13.2 Å². The molecule has 1 amide bonds. The maximum absolute atomic E-state index is 11.6. The van der Waals surface area contributed by atoms with Crippen LogP contribution in [-0.4, -0.2) is 40.1 Å². The number of phenolic OH excluding ortho intramolecular Hbond substituents is 1. The van der Waals surface area contributed by atoms with Crippen LogP contribution in [0.5, 0.6) is 5.75 Å². The van der Waals surface area contributed by atoms with Gasteiger partial charge in [-0.3, -0.25) is 14.5 Å². The third kappa shape index (κ3) is 2.98. The summed E-state index contributed by atoms with van der Waals surface area (Å²) in [6.45, 7) is 0.192. The summed E-state index contributed by atoms with van der Waals surface area (Å²) >= 11 is 0. The van der Waals surface area contributed by atoms with Crippen molar-refractivity contribution in [3.05, 3.63) is 29.3 Å². The zero-order valence-corrected chi connectivity index (χ0v) is 11.7. The largest absolute Gasteiger partial charge is 0.508 e. The average Bonchev–Trinajstić information content (AvgIpc) is 2.78. The number of benzene rings is 1. The number of carbonyl (C=O) groups is 2. The number of carbonyl (C=O) groups excluding carboxylic acids is 2. The predicted octanol–water partition coefficient (Wildman–Crippen LogP) is 0.00580. The summed E-state index contributed by atoms with van der Waals surface area (Å²) in [5.74, 6) is -1.02. The first kappa shape index (κ1) is 15.3. The van der Waals surface area contributed by atoms with Crippen molar-refractivity contribution in [2.45, 2.75) is 31.7 Å². The number of fused-ring (bicyclic) bond motifs is 1. The van der Waals surface area contributed by atoms with Crippen molar-refractivity contribution < 1.29 is 24.5 Å². The van der Waals surface area contributed by atoms with Gasteiger partial charge in [0.15, 0.2) is 0 Å². The number of methoxy groups -OCH3 is 1. The zero-order chi connectivity index (χ0) is 15.6. The summed E-state index contributed by atoms with van der Waals surface area (Å²) in [5, 5.41) is 20.1. The minimum atomic E-state index is -1.04. The molecular weight excluding hydrogens is 276 g/mol. The molecule has 114 valence electrons. The van der Waals surface area contributed by atoms with Gasteiger partial charge in [0.2, 0.25) is 5.91 Å².